The van der Waals surface area contributed by atoms with E-state index < -0.39 is 0 Å². The summed E-state index contributed by atoms with van der Waals surface area (Å²) in [5, 5.41) is 0.432. The lowest BCUT2D eigenvalue weighted by molar-refractivity contribution is 0.639. The highest BCUT2D eigenvalue weighted by Crippen LogP contribution is 2.36. The highest BCUT2D eigenvalue weighted by molar-refractivity contribution is 9.10. The number of pyridine rings is 1. The Morgan fingerprint density at radius 1 is 1.39 bits per heavy atom. The van der Waals surface area contributed by atoms with Crippen molar-refractivity contribution in [3.05, 3.63) is 33.7 Å². The van der Waals surface area contributed by atoms with Crippen LogP contribution in [0.15, 0.2) is 16.6 Å². The molecule has 3 nitrogen and oxygen atoms in total. The van der Waals surface area contributed by atoms with Crippen molar-refractivity contribution in [3.8, 4) is 0 Å². The molecule has 0 spiro atoms. The first-order valence-electron chi connectivity index (χ1n) is 5.72. The Bertz CT molecular complexity index is 611. The van der Waals surface area contributed by atoms with E-state index in [4.69, 9.17) is 5.84 Å². The molecule has 0 saturated heterocycles. The normalized spacial score (nSPS) is 11.3. The topological polar surface area (TPSA) is 50.9 Å². The molecule has 0 aliphatic heterocycles. The van der Waals surface area contributed by atoms with Crippen molar-refractivity contribution in [1.82, 2.24) is 4.98 Å². The Labute approximate surface area is 114 Å². The minimum Gasteiger partial charge on any atom is -0.323 e. The van der Waals surface area contributed by atoms with Gasteiger partial charge in [-0.25, -0.2) is 4.39 Å². The quantitative estimate of drug-likeness (QED) is 0.654. The third kappa shape index (κ3) is 1.97. The number of aromatic nitrogens is 1. The Kier molecular flexibility index (Phi) is 3.54. The number of rotatable bonds is 2. The number of nitrogens with zero attached hydrogens (tertiary/aromatic N) is 1. The van der Waals surface area contributed by atoms with Crippen LogP contribution >= 0.6 is 15.9 Å². The first kappa shape index (κ1) is 13.2. The molecule has 0 atom stereocenters. The van der Waals surface area contributed by atoms with Crippen molar-refractivity contribution in [2.24, 2.45) is 5.84 Å². The summed E-state index contributed by atoms with van der Waals surface area (Å²) >= 11 is 3.39. The molecule has 0 saturated carbocycles. The number of hydrogen-bond acceptors (Lipinski definition) is 3. The largest absolute Gasteiger partial charge is 0.323 e. The van der Waals surface area contributed by atoms with Crippen LogP contribution in [-0.2, 0) is 0 Å². The van der Waals surface area contributed by atoms with Gasteiger partial charge in [0, 0.05) is 15.7 Å². The Morgan fingerprint density at radius 2 is 2.06 bits per heavy atom. The smallest absolute Gasteiger partial charge is 0.134 e. The van der Waals surface area contributed by atoms with Crippen LogP contribution in [0.25, 0.3) is 10.9 Å². The molecule has 2 rings (SSSR count). The number of anilines is 1. The van der Waals surface area contributed by atoms with Crippen LogP contribution in [0.1, 0.15) is 31.0 Å². The van der Waals surface area contributed by atoms with Crippen molar-refractivity contribution < 1.29 is 4.39 Å². The zero-order valence-electron chi connectivity index (χ0n) is 10.5. The molecule has 0 radical (unpaired) electrons. The molecule has 3 N–H and O–H groups in total. The number of hydrogen-bond donors (Lipinski definition) is 2. The fourth-order valence-corrected chi connectivity index (χ4v) is 2.71. The summed E-state index contributed by atoms with van der Waals surface area (Å²) in [6.07, 6.45) is 0. The molecule has 0 amide bonds. The first-order chi connectivity index (χ1) is 8.47. The maximum atomic E-state index is 14.0. The minimum atomic E-state index is -0.324. The summed E-state index contributed by atoms with van der Waals surface area (Å²) in [7, 11) is 0. The molecule has 0 aliphatic rings. The Hall–Kier alpha value is -1.20. The summed E-state index contributed by atoms with van der Waals surface area (Å²) < 4.78 is 14.8. The molecular formula is C13H15BrFN3. The van der Waals surface area contributed by atoms with Gasteiger partial charge in [-0.2, -0.15) is 0 Å². The molecule has 96 valence electrons. The predicted octanol–water partition coefficient (Wildman–Crippen LogP) is 3.85. The second-order valence-electron chi connectivity index (χ2n) is 4.54. The van der Waals surface area contributed by atoms with Gasteiger partial charge < -0.3 is 5.43 Å². The van der Waals surface area contributed by atoms with E-state index in [2.05, 4.69) is 26.3 Å². The van der Waals surface area contributed by atoms with Crippen LogP contribution < -0.4 is 11.3 Å². The van der Waals surface area contributed by atoms with Crippen molar-refractivity contribution in [2.45, 2.75) is 26.7 Å². The van der Waals surface area contributed by atoms with Crippen molar-refractivity contribution in [2.75, 3.05) is 5.43 Å². The summed E-state index contributed by atoms with van der Waals surface area (Å²) in [6, 6.07) is 3.06. The van der Waals surface area contributed by atoms with Crippen LogP contribution in [0.3, 0.4) is 0 Å². The number of hydrazine groups is 1. The number of fused-ring (bicyclic) bond motifs is 1. The number of nitrogen functional groups attached to an aromatic ring is 1. The molecule has 5 heteroatoms. The number of aryl methyl sites for hydroxylation is 1. The predicted molar refractivity (Wildman–Crippen MR) is 76.0 cm³/mol. The van der Waals surface area contributed by atoms with Gasteiger partial charge in [-0.1, -0.05) is 13.8 Å². The number of benzene rings is 1. The molecule has 18 heavy (non-hydrogen) atoms. The maximum absolute atomic E-state index is 14.0. The molecule has 0 bridgehead atoms. The van der Waals surface area contributed by atoms with E-state index in [0.29, 0.717) is 16.6 Å². The van der Waals surface area contributed by atoms with Gasteiger partial charge in [0.1, 0.15) is 5.82 Å². The van der Waals surface area contributed by atoms with Crippen molar-refractivity contribution in [1.29, 1.82) is 0 Å². The minimum absolute atomic E-state index is 0.214. The van der Waals surface area contributed by atoms with E-state index >= 15 is 0 Å². The van der Waals surface area contributed by atoms with Gasteiger partial charge in [-0.05, 0) is 40.9 Å². The molecule has 0 aliphatic carbocycles. The van der Waals surface area contributed by atoms with E-state index in [-0.39, 0.29) is 11.7 Å². The second kappa shape index (κ2) is 4.82. The lowest BCUT2D eigenvalue weighted by Gasteiger charge is -2.18. The average molecular weight is 312 g/mol. The molecule has 1 aromatic heterocycles. The van der Waals surface area contributed by atoms with E-state index in [1.54, 1.807) is 6.07 Å². The second-order valence-corrected chi connectivity index (χ2v) is 5.39. The zero-order valence-corrected chi connectivity index (χ0v) is 12.1. The van der Waals surface area contributed by atoms with Gasteiger partial charge in [-0.3, -0.25) is 10.8 Å². The van der Waals surface area contributed by atoms with Crippen LogP contribution in [0.2, 0.25) is 0 Å². The van der Waals surface area contributed by atoms with E-state index in [1.165, 1.54) is 6.07 Å². The van der Waals surface area contributed by atoms with Crippen LogP contribution in [-0.4, -0.2) is 4.98 Å². The van der Waals surface area contributed by atoms with E-state index in [0.717, 1.165) is 15.7 Å². The van der Waals surface area contributed by atoms with Gasteiger partial charge in [0.05, 0.1) is 16.6 Å². The van der Waals surface area contributed by atoms with E-state index in [1.807, 2.05) is 20.8 Å². The molecule has 0 fully saturated rings. The Morgan fingerprint density at radius 3 is 2.61 bits per heavy atom. The first-order valence-corrected chi connectivity index (χ1v) is 6.51. The Balaban J connectivity index is 2.99. The third-order valence-electron chi connectivity index (χ3n) is 2.99. The molecular weight excluding hydrogens is 297 g/mol. The average Bonchev–Trinajstić information content (AvgIpc) is 2.32. The van der Waals surface area contributed by atoms with Gasteiger partial charge >= 0.3 is 0 Å². The van der Waals surface area contributed by atoms with Crippen LogP contribution in [0.4, 0.5) is 10.1 Å². The lowest BCUT2D eigenvalue weighted by Crippen LogP contribution is -2.13. The zero-order chi connectivity index (χ0) is 13.4. The number of halogens is 2. The summed E-state index contributed by atoms with van der Waals surface area (Å²) in [4.78, 5) is 4.48. The molecule has 1 aromatic carbocycles. The monoisotopic (exact) mass is 311 g/mol. The van der Waals surface area contributed by atoms with Gasteiger partial charge in [-0.15, -0.1) is 0 Å². The fourth-order valence-electron chi connectivity index (χ4n) is 2.29. The molecule has 0 unspecified atom stereocenters. The van der Waals surface area contributed by atoms with Crippen LogP contribution in [0, 0.1) is 12.7 Å². The lowest BCUT2D eigenvalue weighted by atomic mass is 9.97. The van der Waals surface area contributed by atoms with Crippen molar-refractivity contribution in [3.63, 3.8) is 0 Å². The molecule has 1 heterocycles. The molecule has 2 aromatic rings. The number of nitrogens with one attached hydrogen (secondary N) is 1. The van der Waals surface area contributed by atoms with Gasteiger partial charge in [0.2, 0.25) is 0 Å². The highest BCUT2D eigenvalue weighted by atomic mass is 79.9. The SMILES string of the molecule is Cc1nc2c(Br)ccc(F)c2c(NN)c1C(C)C. The summed E-state index contributed by atoms with van der Waals surface area (Å²) in [5.41, 5.74) is 5.64. The van der Waals surface area contributed by atoms with Gasteiger partial charge in [0.25, 0.3) is 0 Å². The maximum Gasteiger partial charge on any atom is 0.134 e. The van der Waals surface area contributed by atoms with Crippen molar-refractivity contribution >= 4 is 32.5 Å². The van der Waals surface area contributed by atoms with Crippen LogP contribution in [0.5, 0.6) is 0 Å². The number of nitrogens with two attached hydrogens (primary N) is 1. The highest BCUT2D eigenvalue weighted by Gasteiger charge is 2.18. The summed E-state index contributed by atoms with van der Waals surface area (Å²) in [6.45, 7) is 5.98. The van der Waals surface area contributed by atoms with Gasteiger partial charge in [0.15, 0.2) is 0 Å². The standard InChI is InChI=1S/C13H15BrFN3/c1-6(2)10-7(3)17-12-8(14)4-5-9(15)11(12)13(10)18-16/h4-6H,16H2,1-3H3,(H,17,18). The fraction of sp³-hybridized carbons (Fsp3) is 0.308. The summed E-state index contributed by atoms with van der Waals surface area (Å²) in [5.74, 6) is 5.47. The third-order valence-corrected chi connectivity index (χ3v) is 3.63. The van der Waals surface area contributed by atoms with E-state index in [9.17, 15) is 4.39 Å².